The highest BCUT2D eigenvalue weighted by Gasteiger charge is 1.95. The van der Waals surface area contributed by atoms with Gasteiger partial charge in [0.15, 0.2) is 0 Å². The Balaban J connectivity index is 2.33. The highest BCUT2D eigenvalue weighted by atomic mass is 16.5. The molecular formula is C15H20O3. The molecule has 0 aliphatic carbocycles. The lowest BCUT2D eigenvalue weighted by atomic mass is 10.1. The topological polar surface area (TPSA) is 35.5 Å². The Morgan fingerprint density at radius 3 is 2.56 bits per heavy atom. The van der Waals surface area contributed by atoms with Crippen LogP contribution in [0.2, 0.25) is 0 Å². The standard InChI is InChI=1S/C15H20O3/c1-3-6-13-8-10-14(11-9-13)18-12-5-7-15(16)17-4-2/h5,7-11H,3-4,6,12H2,1-2H3/b7-5+. The van der Waals surface area contributed by atoms with Gasteiger partial charge in [0.2, 0.25) is 0 Å². The van der Waals surface area contributed by atoms with Crippen LogP contribution in [0.5, 0.6) is 5.75 Å². The molecule has 0 bridgehead atoms. The highest BCUT2D eigenvalue weighted by molar-refractivity contribution is 5.81. The van der Waals surface area contributed by atoms with Crippen LogP contribution in [0.25, 0.3) is 0 Å². The Kier molecular flexibility index (Phi) is 6.62. The number of rotatable bonds is 7. The first-order chi connectivity index (χ1) is 8.76. The number of hydrogen-bond acceptors (Lipinski definition) is 3. The third-order valence-electron chi connectivity index (χ3n) is 2.35. The number of esters is 1. The molecule has 0 aromatic heterocycles. The molecule has 0 unspecified atom stereocenters. The van der Waals surface area contributed by atoms with E-state index in [1.54, 1.807) is 13.0 Å². The van der Waals surface area contributed by atoms with Gasteiger partial charge < -0.3 is 9.47 Å². The van der Waals surface area contributed by atoms with Gasteiger partial charge in [-0.3, -0.25) is 0 Å². The van der Waals surface area contributed by atoms with Crippen LogP contribution >= 0.6 is 0 Å². The molecule has 3 nitrogen and oxygen atoms in total. The van der Waals surface area contributed by atoms with Gasteiger partial charge >= 0.3 is 5.97 Å². The van der Waals surface area contributed by atoms with E-state index < -0.39 is 0 Å². The van der Waals surface area contributed by atoms with Gasteiger partial charge in [-0.2, -0.15) is 0 Å². The summed E-state index contributed by atoms with van der Waals surface area (Å²) in [5.74, 6) is 0.475. The Hall–Kier alpha value is -1.77. The van der Waals surface area contributed by atoms with Gasteiger partial charge in [0.05, 0.1) is 6.61 Å². The van der Waals surface area contributed by atoms with Gasteiger partial charge in [0.25, 0.3) is 0 Å². The molecule has 0 radical (unpaired) electrons. The summed E-state index contributed by atoms with van der Waals surface area (Å²) in [6.45, 7) is 4.69. The van der Waals surface area contributed by atoms with Crippen molar-refractivity contribution in [2.75, 3.05) is 13.2 Å². The molecular weight excluding hydrogens is 228 g/mol. The van der Waals surface area contributed by atoms with Crippen LogP contribution in [-0.4, -0.2) is 19.2 Å². The van der Waals surface area contributed by atoms with E-state index in [2.05, 4.69) is 19.1 Å². The molecule has 3 heteroatoms. The minimum Gasteiger partial charge on any atom is -0.490 e. The maximum atomic E-state index is 11.0. The van der Waals surface area contributed by atoms with Crippen molar-refractivity contribution < 1.29 is 14.3 Å². The summed E-state index contributed by atoms with van der Waals surface area (Å²) in [7, 11) is 0. The SMILES string of the molecule is CCCc1ccc(OC/C=C/C(=O)OCC)cc1. The van der Waals surface area contributed by atoms with E-state index in [1.807, 2.05) is 12.1 Å². The second-order valence-electron chi connectivity index (χ2n) is 3.86. The van der Waals surface area contributed by atoms with Crippen LogP contribution in [0.4, 0.5) is 0 Å². The zero-order valence-corrected chi connectivity index (χ0v) is 11.0. The van der Waals surface area contributed by atoms with Crippen molar-refractivity contribution in [1.82, 2.24) is 0 Å². The van der Waals surface area contributed by atoms with E-state index in [1.165, 1.54) is 11.6 Å². The fraction of sp³-hybridized carbons (Fsp3) is 0.400. The maximum Gasteiger partial charge on any atom is 0.330 e. The predicted molar refractivity (Wildman–Crippen MR) is 71.7 cm³/mol. The van der Waals surface area contributed by atoms with Crippen LogP contribution in [0.15, 0.2) is 36.4 Å². The van der Waals surface area contributed by atoms with Gasteiger partial charge in [-0.05, 0) is 37.1 Å². The lowest BCUT2D eigenvalue weighted by Gasteiger charge is -2.04. The number of benzene rings is 1. The third kappa shape index (κ3) is 5.53. The molecule has 1 aromatic rings. The van der Waals surface area contributed by atoms with E-state index in [4.69, 9.17) is 9.47 Å². The van der Waals surface area contributed by atoms with Crippen molar-refractivity contribution in [3.8, 4) is 5.75 Å². The van der Waals surface area contributed by atoms with Crippen molar-refractivity contribution >= 4 is 5.97 Å². The van der Waals surface area contributed by atoms with Gasteiger partial charge in [-0.25, -0.2) is 4.79 Å². The second kappa shape index (κ2) is 8.34. The monoisotopic (exact) mass is 248 g/mol. The van der Waals surface area contributed by atoms with Crippen LogP contribution in [0.1, 0.15) is 25.8 Å². The molecule has 0 saturated heterocycles. The van der Waals surface area contributed by atoms with Gasteiger partial charge in [-0.15, -0.1) is 0 Å². The lowest BCUT2D eigenvalue weighted by molar-refractivity contribution is -0.137. The quantitative estimate of drug-likeness (QED) is 0.549. The summed E-state index contributed by atoms with van der Waals surface area (Å²) in [4.78, 5) is 11.0. The molecule has 0 spiro atoms. The van der Waals surface area contributed by atoms with Crippen molar-refractivity contribution in [3.05, 3.63) is 42.0 Å². The summed E-state index contributed by atoms with van der Waals surface area (Å²) in [5, 5.41) is 0. The average Bonchev–Trinajstić information content (AvgIpc) is 2.37. The van der Waals surface area contributed by atoms with E-state index >= 15 is 0 Å². The minimum atomic E-state index is -0.334. The number of carbonyl (C=O) groups excluding carboxylic acids is 1. The highest BCUT2D eigenvalue weighted by Crippen LogP contribution is 2.13. The number of hydrogen-bond donors (Lipinski definition) is 0. The molecule has 1 rings (SSSR count). The van der Waals surface area contributed by atoms with E-state index in [0.29, 0.717) is 13.2 Å². The first-order valence-corrected chi connectivity index (χ1v) is 6.31. The fourth-order valence-electron chi connectivity index (χ4n) is 1.52. The van der Waals surface area contributed by atoms with E-state index in [9.17, 15) is 4.79 Å². The first kappa shape index (κ1) is 14.3. The molecule has 18 heavy (non-hydrogen) atoms. The van der Waals surface area contributed by atoms with Crippen molar-refractivity contribution in [1.29, 1.82) is 0 Å². The molecule has 0 amide bonds. The summed E-state index contributed by atoms with van der Waals surface area (Å²) in [6, 6.07) is 8.02. The summed E-state index contributed by atoms with van der Waals surface area (Å²) in [6.07, 6.45) is 5.26. The van der Waals surface area contributed by atoms with Gasteiger partial charge in [-0.1, -0.05) is 25.5 Å². The van der Waals surface area contributed by atoms with E-state index in [-0.39, 0.29) is 5.97 Å². The molecule has 1 aromatic carbocycles. The number of aryl methyl sites for hydroxylation is 1. The average molecular weight is 248 g/mol. The molecule has 0 fully saturated rings. The zero-order chi connectivity index (χ0) is 13.2. The van der Waals surface area contributed by atoms with Crippen molar-refractivity contribution in [3.63, 3.8) is 0 Å². The molecule has 0 aliphatic heterocycles. The predicted octanol–water partition coefficient (Wildman–Crippen LogP) is 3.14. The van der Waals surface area contributed by atoms with Crippen LogP contribution in [0, 0.1) is 0 Å². The Bertz CT molecular complexity index is 379. The van der Waals surface area contributed by atoms with Crippen LogP contribution in [0.3, 0.4) is 0 Å². The normalized spacial score (nSPS) is 10.6. The molecule has 0 aliphatic rings. The number of ether oxygens (including phenoxy) is 2. The summed E-state index contributed by atoms with van der Waals surface area (Å²) >= 11 is 0. The molecule has 0 saturated carbocycles. The van der Waals surface area contributed by atoms with Crippen LogP contribution in [-0.2, 0) is 16.0 Å². The minimum absolute atomic E-state index is 0.334. The zero-order valence-electron chi connectivity index (χ0n) is 11.0. The van der Waals surface area contributed by atoms with Crippen LogP contribution < -0.4 is 4.74 Å². The molecule has 98 valence electrons. The van der Waals surface area contributed by atoms with Gasteiger partial charge in [0, 0.05) is 6.08 Å². The summed E-state index contributed by atoms with van der Waals surface area (Å²) in [5.41, 5.74) is 1.31. The Morgan fingerprint density at radius 1 is 1.22 bits per heavy atom. The maximum absolute atomic E-state index is 11.0. The molecule has 0 atom stereocenters. The third-order valence-corrected chi connectivity index (χ3v) is 2.35. The Morgan fingerprint density at radius 2 is 1.94 bits per heavy atom. The molecule has 0 N–H and O–H groups in total. The van der Waals surface area contributed by atoms with Crippen molar-refractivity contribution in [2.24, 2.45) is 0 Å². The largest absolute Gasteiger partial charge is 0.490 e. The van der Waals surface area contributed by atoms with Gasteiger partial charge in [0.1, 0.15) is 12.4 Å². The first-order valence-electron chi connectivity index (χ1n) is 6.31. The second-order valence-corrected chi connectivity index (χ2v) is 3.86. The van der Waals surface area contributed by atoms with Crippen molar-refractivity contribution in [2.45, 2.75) is 26.7 Å². The summed E-state index contributed by atoms with van der Waals surface area (Å²) < 4.78 is 10.2. The lowest BCUT2D eigenvalue weighted by Crippen LogP contribution is -2.00. The number of carbonyl (C=O) groups is 1. The van der Waals surface area contributed by atoms with E-state index in [0.717, 1.165) is 18.6 Å². The fourth-order valence-corrected chi connectivity index (χ4v) is 1.52. The Labute approximate surface area is 108 Å². The molecule has 0 heterocycles. The smallest absolute Gasteiger partial charge is 0.330 e.